The molecule has 0 aromatic rings. The molecule has 3 heteroatoms. The van der Waals surface area contributed by atoms with E-state index >= 15 is 0 Å². The van der Waals surface area contributed by atoms with Gasteiger partial charge in [0.15, 0.2) is 0 Å². The molecule has 1 aliphatic heterocycles. The molecule has 0 bridgehead atoms. The van der Waals surface area contributed by atoms with Crippen LogP contribution in [0.1, 0.15) is 51.9 Å². The van der Waals surface area contributed by atoms with Gasteiger partial charge in [0.1, 0.15) is 0 Å². The van der Waals surface area contributed by atoms with Crippen LogP contribution in [0.15, 0.2) is 0 Å². The lowest BCUT2D eigenvalue weighted by Crippen LogP contribution is -2.52. The molecule has 0 amide bonds. The molecule has 2 N–H and O–H groups in total. The largest absolute Gasteiger partial charge is 0.393 e. The summed E-state index contributed by atoms with van der Waals surface area (Å²) >= 11 is 0. The van der Waals surface area contributed by atoms with Gasteiger partial charge >= 0.3 is 0 Å². The van der Waals surface area contributed by atoms with Gasteiger partial charge in [0, 0.05) is 25.7 Å². The topological polar surface area (TPSA) is 35.5 Å². The van der Waals surface area contributed by atoms with Gasteiger partial charge in [-0.3, -0.25) is 0 Å². The van der Waals surface area contributed by atoms with Crippen LogP contribution >= 0.6 is 0 Å². The predicted molar refractivity (Wildman–Crippen MR) is 82.7 cm³/mol. The SMILES string of the molecule is CC(O)C1CC(NCC2CCCC2)CN(CC2CC2)C1. The molecule has 3 nitrogen and oxygen atoms in total. The van der Waals surface area contributed by atoms with Crippen LogP contribution in [0.4, 0.5) is 0 Å². The van der Waals surface area contributed by atoms with Crippen LogP contribution in [0, 0.1) is 17.8 Å². The summed E-state index contributed by atoms with van der Waals surface area (Å²) in [5.41, 5.74) is 0. The third-order valence-electron chi connectivity index (χ3n) is 5.62. The number of hydrogen-bond donors (Lipinski definition) is 2. The first-order valence-electron chi connectivity index (χ1n) is 8.84. The summed E-state index contributed by atoms with van der Waals surface area (Å²) in [6.45, 7) is 6.75. The third-order valence-corrected chi connectivity index (χ3v) is 5.62. The number of likely N-dealkylation sites (tertiary alicyclic amines) is 1. The van der Waals surface area contributed by atoms with E-state index < -0.39 is 0 Å². The zero-order valence-corrected chi connectivity index (χ0v) is 13.1. The van der Waals surface area contributed by atoms with Gasteiger partial charge in [0.25, 0.3) is 0 Å². The average molecular weight is 280 g/mol. The van der Waals surface area contributed by atoms with Gasteiger partial charge < -0.3 is 15.3 Å². The number of nitrogens with zero attached hydrogens (tertiary/aromatic N) is 1. The van der Waals surface area contributed by atoms with Crippen molar-refractivity contribution in [3.63, 3.8) is 0 Å². The van der Waals surface area contributed by atoms with Crippen LogP contribution in [0.2, 0.25) is 0 Å². The normalized spacial score (nSPS) is 34.5. The molecular formula is C17H32N2O. The van der Waals surface area contributed by atoms with Crippen LogP contribution < -0.4 is 5.32 Å². The minimum absolute atomic E-state index is 0.159. The molecular weight excluding hydrogens is 248 g/mol. The molecule has 3 rings (SSSR count). The Morgan fingerprint density at radius 2 is 1.85 bits per heavy atom. The summed E-state index contributed by atoms with van der Waals surface area (Å²) in [5.74, 6) is 2.33. The van der Waals surface area contributed by atoms with E-state index in [0.29, 0.717) is 12.0 Å². The summed E-state index contributed by atoms with van der Waals surface area (Å²) in [7, 11) is 0. The molecule has 3 fully saturated rings. The second-order valence-electron chi connectivity index (χ2n) is 7.65. The molecule has 1 saturated heterocycles. The number of nitrogens with one attached hydrogen (secondary N) is 1. The maximum Gasteiger partial charge on any atom is 0.0553 e. The molecule has 3 atom stereocenters. The molecule has 0 aromatic carbocycles. The molecule has 1 heterocycles. The lowest BCUT2D eigenvalue weighted by Gasteiger charge is -2.40. The Kier molecular flexibility index (Phi) is 5.00. The Labute approximate surface area is 124 Å². The van der Waals surface area contributed by atoms with Crippen LogP contribution in [0.25, 0.3) is 0 Å². The van der Waals surface area contributed by atoms with Gasteiger partial charge in [-0.05, 0) is 63.3 Å². The van der Waals surface area contributed by atoms with E-state index in [2.05, 4.69) is 10.2 Å². The highest BCUT2D eigenvalue weighted by Crippen LogP contribution is 2.32. The van der Waals surface area contributed by atoms with E-state index in [4.69, 9.17) is 0 Å². The fraction of sp³-hybridized carbons (Fsp3) is 1.00. The molecule has 0 aromatic heterocycles. The lowest BCUT2D eigenvalue weighted by molar-refractivity contribution is 0.0455. The molecule has 0 radical (unpaired) electrons. The zero-order chi connectivity index (χ0) is 13.9. The van der Waals surface area contributed by atoms with Gasteiger partial charge in [-0.1, -0.05) is 12.8 Å². The second kappa shape index (κ2) is 6.76. The first-order valence-corrected chi connectivity index (χ1v) is 8.84. The monoisotopic (exact) mass is 280 g/mol. The smallest absolute Gasteiger partial charge is 0.0553 e. The van der Waals surface area contributed by atoms with E-state index in [1.807, 2.05) is 6.92 Å². The number of aliphatic hydroxyl groups excluding tert-OH is 1. The molecule has 2 saturated carbocycles. The van der Waals surface area contributed by atoms with Gasteiger partial charge in [0.2, 0.25) is 0 Å². The van der Waals surface area contributed by atoms with E-state index in [9.17, 15) is 5.11 Å². The predicted octanol–water partition coefficient (Wildman–Crippen LogP) is 2.25. The average Bonchev–Trinajstić information content (AvgIpc) is 3.08. The molecule has 2 aliphatic carbocycles. The summed E-state index contributed by atoms with van der Waals surface area (Å²) in [4.78, 5) is 2.62. The van der Waals surface area contributed by atoms with Crippen molar-refractivity contribution in [3.05, 3.63) is 0 Å². The minimum Gasteiger partial charge on any atom is -0.393 e. The van der Waals surface area contributed by atoms with Crippen LogP contribution in [0.5, 0.6) is 0 Å². The maximum atomic E-state index is 9.99. The Bertz CT molecular complexity index is 297. The van der Waals surface area contributed by atoms with Crippen molar-refractivity contribution in [2.45, 2.75) is 64.0 Å². The second-order valence-corrected chi connectivity index (χ2v) is 7.65. The fourth-order valence-electron chi connectivity index (χ4n) is 4.09. The van der Waals surface area contributed by atoms with Gasteiger partial charge in [-0.2, -0.15) is 0 Å². The molecule has 3 unspecified atom stereocenters. The van der Waals surface area contributed by atoms with E-state index in [1.54, 1.807) is 0 Å². The first kappa shape index (κ1) is 14.8. The van der Waals surface area contributed by atoms with Crippen molar-refractivity contribution in [1.82, 2.24) is 10.2 Å². The maximum absolute atomic E-state index is 9.99. The number of rotatable bonds is 6. The summed E-state index contributed by atoms with van der Waals surface area (Å²) < 4.78 is 0. The minimum atomic E-state index is -0.159. The van der Waals surface area contributed by atoms with Crippen molar-refractivity contribution < 1.29 is 5.11 Å². The molecule has 116 valence electrons. The van der Waals surface area contributed by atoms with Crippen LogP contribution in [-0.4, -0.2) is 48.3 Å². The van der Waals surface area contributed by atoms with Crippen molar-refractivity contribution >= 4 is 0 Å². The summed E-state index contributed by atoms with van der Waals surface area (Å²) in [5, 5.41) is 13.8. The van der Waals surface area contributed by atoms with Crippen LogP contribution in [-0.2, 0) is 0 Å². The highest BCUT2D eigenvalue weighted by atomic mass is 16.3. The Balaban J connectivity index is 1.48. The number of piperidine rings is 1. The van der Waals surface area contributed by atoms with E-state index in [-0.39, 0.29) is 6.10 Å². The first-order chi connectivity index (χ1) is 9.70. The van der Waals surface area contributed by atoms with E-state index in [0.717, 1.165) is 24.8 Å². The zero-order valence-electron chi connectivity index (χ0n) is 13.1. The fourth-order valence-corrected chi connectivity index (χ4v) is 4.09. The van der Waals surface area contributed by atoms with Gasteiger partial charge in [0.05, 0.1) is 6.10 Å². The number of hydrogen-bond acceptors (Lipinski definition) is 3. The third kappa shape index (κ3) is 4.19. The van der Waals surface area contributed by atoms with Crippen molar-refractivity contribution in [2.24, 2.45) is 17.8 Å². The Hall–Kier alpha value is -0.120. The quantitative estimate of drug-likeness (QED) is 0.783. The summed E-state index contributed by atoms with van der Waals surface area (Å²) in [6, 6.07) is 0.600. The molecule has 20 heavy (non-hydrogen) atoms. The molecule has 3 aliphatic rings. The Morgan fingerprint density at radius 3 is 2.50 bits per heavy atom. The van der Waals surface area contributed by atoms with Crippen molar-refractivity contribution in [3.8, 4) is 0 Å². The summed E-state index contributed by atoms with van der Waals surface area (Å²) in [6.07, 6.45) is 9.56. The van der Waals surface area contributed by atoms with Crippen LogP contribution in [0.3, 0.4) is 0 Å². The highest BCUT2D eigenvalue weighted by molar-refractivity contribution is 4.89. The standard InChI is InChI=1S/C17H32N2O/c1-13(20)16-8-17(18-9-14-4-2-3-5-14)12-19(11-16)10-15-6-7-15/h13-18,20H,2-12H2,1H3. The Morgan fingerprint density at radius 1 is 1.10 bits per heavy atom. The van der Waals surface area contributed by atoms with Crippen molar-refractivity contribution in [2.75, 3.05) is 26.2 Å². The van der Waals surface area contributed by atoms with E-state index in [1.165, 1.54) is 58.2 Å². The lowest BCUT2D eigenvalue weighted by atomic mass is 9.89. The highest BCUT2D eigenvalue weighted by Gasteiger charge is 2.33. The number of aliphatic hydroxyl groups is 1. The van der Waals surface area contributed by atoms with Gasteiger partial charge in [-0.25, -0.2) is 0 Å². The van der Waals surface area contributed by atoms with Gasteiger partial charge in [-0.15, -0.1) is 0 Å². The molecule has 0 spiro atoms. The van der Waals surface area contributed by atoms with Crippen molar-refractivity contribution in [1.29, 1.82) is 0 Å².